The van der Waals surface area contributed by atoms with Crippen LogP contribution in [0.3, 0.4) is 0 Å². The number of hydrogen-bond donors (Lipinski definition) is 1. The van der Waals surface area contributed by atoms with Crippen LogP contribution in [0.25, 0.3) is 0 Å². The van der Waals surface area contributed by atoms with Crippen LogP contribution in [0.2, 0.25) is 0 Å². The Balaban J connectivity index is 2.86. The molecule has 0 spiro atoms. The van der Waals surface area contributed by atoms with Crippen molar-refractivity contribution in [1.82, 2.24) is 0 Å². The van der Waals surface area contributed by atoms with E-state index in [2.05, 4.69) is 43.6 Å². The standard InChI is InChI=1S/C13H20BrNO/c1-9-5-6-11(10(14)7-9)16-12(8-15)13(2,3)4/h5-7,12H,8,15H2,1-4H3. The van der Waals surface area contributed by atoms with Gasteiger partial charge in [0.05, 0.1) is 4.47 Å². The molecule has 0 fully saturated rings. The van der Waals surface area contributed by atoms with Crippen molar-refractivity contribution >= 4 is 15.9 Å². The summed E-state index contributed by atoms with van der Waals surface area (Å²) in [4.78, 5) is 0. The molecule has 0 aliphatic heterocycles. The summed E-state index contributed by atoms with van der Waals surface area (Å²) in [5, 5.41) is 0. The van der Waals surface area contributed by atoms with Crippen molar-refractivity contribution in [3.05, 3.63) is 28.2 Å². The lowest BCUT2D eigenvalue weighted by molar-refractivity contribution is 0.0934. The number of hydrogen-bond acceptors (Lipinski definition) is 2. The third kappa shape index (κ3) is 3.49. The average Bonchev–Trinajstić information content (AvgIpc) is 2.14. The van der Waals surface area contributed by atoms with E-state index in [0.29, 0.717) is 6.54 Å². The number of nitrogens with two attached hydrogens (primary N) is 1. The molecule has 0 radical (unpaired) electrons. The van der Waals surface area contributed by atoms with Gasteiger partial charge in [0, 0.05) is 12.0 Å². The van der Waals surface area contributed by atoms with Crippen LogP contribution in [-0.4, -0.2) is 12.6 Å². The lowest BCUT2D eigenvalue weighted by Crippen LogP contribution is -2.38. The van der Waals surface area contributed by atoms with Crippen LogP contribution < -0.4 is 10.5 Å². The van der Waals surface area contributed by atoms with Crippen molar-refractivity contribution in [3.8, 4) is 5.75 Å². The van der Waals surface area contributed by atoms with E-state index in [9.17, 15) is 0 Å². The van der Waals surface area contributed by atoms with Gasteiger partial charge in [-0.3, -0.25) is 0 Å². The Bertz CT molecular complexity index is 357. The van der Waals surface area contributed by atoms with Crippen LogP contribution >= 0.6 is 15.9 Å². The second-order valence-electron chi connectivity index (χ2n) is 5.14. The maximum atomic E-state index is 5.94. The first-order chi connectivity index (χ1) is 7.34. The summed E-state index contributed by atoms with van der Waals surface area (Å²) in [6.07, 6.45) is 0.0199. The van der Waals surface area contributed by atoms with E-state index in [1.54, 1.807) is 0 Å². The zero-order chi connectivity index (χ0) is 12.3. The maximum absolute atomic E-state index is 5.94. The summed E-state index contributed by atoms with van der Waals surface area (Å²) in [6, 6.07) is 6.07. The Hall–Kier alpha value is -0.540. The minimum atomic E-state index is 0.0199. The van der Waals surface area contributed by atoms with Crippen molar-refractivity contribution in [1.29, 1.82) is 0 Å². The Morgan fingerprint density at radius 2 is 2.00 bits per heavy atom. The smallest absolute Gasteiger partial charge is 0.134 e. The van der Waals surface area contributed by atoms with E-state index in [0.717, 1.165) is 10.2 Å². The molecule has 1 aromatic carbocycles. The lowest BCUT2D eigenvalue weighted by atomic mass is 9.89. The molecule has 1 unspecified atom stereocenters. The molecule has 0 bridgehead atoms. The third-order valence-corrected chi connectivity index (χ3v) is 3.16. The molecule has 3 heteroatoms. The van der Waals surface area contributed by atoms with Crippen molar-refractivity contribution in [2.24, 2.45) is 11.1 Å². The molecule has 0 saturated carbocycles. The van der Waals surface area contributed by atoms with E-state index in [1.165, 1.54) is 5.56 Å². The quantitative estimate of drug-likeness (QED) is 0.922. The number of rotatable bonds is 3. The third-order valence-electron chi connectivity index (χ3n) is 2.54. The molecule has 0 saturated heterocycles. The first kappa shape index (κ1) is 13.5. The van der Waals surface area contributed by atoms with E-state index in [-0.39, 0.29) is 11.5 Å². The van der Waals surface area contributed by atoms with Crippen molar-refractivity contribution in [2.45, 2.75) is 33.8 Å². The fourth-order valence-electron chi connectivity index (χ4n) is 1.43. The van der Waals surface area contributed by atoms with Gasteiger partial charge in [0.25, 0.3) is 0 Å². The highest BCUT2D eigenvalue weighted by Gasteiger charge is 2.25. The molecule has 16 heavy (non-hydrogen) atoms. The fraction of sp³-hybridized carbons (Fsp3) is 0.538. The highest BCUT2D eigenvalue weighted by molar-refractivity contribution is 9.10. The van der Waals surface area contributed by atoms with Crippen LogP contribution in [-0.2, 0) is 0 Å². The van der Waals surface area contributed by atoms with Crippen LogP contribution in [0, 0.1) is 12.3 Å². The largest absolute Gasteiger partial charge is 0.487 e. The van der Waals surface area contributed by atoms with Crippen LogP contribution in [0.15, 0.2) is 22.7 Å². The highest BCUT2D eigenvalue weighted by atomic mass is 79.9. The highest BCUT2D eigenvalue weighted by Crippen LogP contribution is 2.30. The molecule has 1 rings (SSSR count). The van der Waals surface area contributed by atoms with E-state index in [1.807, 2.05) is 18.2 Å². The summed E-state index contributed by atoms with van der Waals surface area (Å²) >= 11 is 3.51. The van der Waals surface area contributed by atoms with Crippen molar-refractivity contribution < 1.29 is 4.74 Å². The molecule has 0 aliphatic rings. The van der Waals surface area contributed by atoms with Crippen LogP contribution in [0.4, 0.5) is 0 Å². The monoisotopic (exact) mass is 285 g/mol. The van der Waals surface area contributed by atoms with Gasteiger partial charge in [0.15, 0.2) is 0 Å². The molecular formula is C13H20BrNO. The van der Waals surface area contributed by atoms with Gasteiger partial charge in [-0.25, -0.2) is 0 Å². The number of ether oxygens (including phenoxy) is 1. The Morgan fingerprint density at radius 1 is 1.38 bits per heavy atom. The molecule has 2 nitrogen and oxygen atoms in total. The molecular weight excluding hydrogens is 266 g/mol. The minimum Gasteiger partial charge on any atom is -0.487 e. The topological polar surface area (TPSA) is 35.2 Å². The molecule has 2 N–H and O–H groups in total. The summed E-state index contributed by atoms with van der Waals surface area (Å²) in [5.41, 5.74) is 6.99. The molecule has 90 valence electrons. The molecule has 0 heterocycles. The van der Waals surface area contributed by atoms with Crippen molar-refractivity contribution in [3.63, 3.8) is 0 Å². The number of benzene rings is 1. The minimum absolute atomic E-state index is 0.0199. The second kappa shape index (κ2) is 5.19. The summed E-state index contributed by atoms with van der Waals surface area (Å²) in [7, 11) is 0. The Morgan fingerprint density at radius 3 is 2.44 bits per heavy atom. The first-order valence-corrected chi connectivity index (χ1v) is 6.27. The zero-order valence-electron chi connectivity index (χ0n) is 10.4. The van der Waals surface area contributed by atoms with E-state index in [4.69, 9.17) is 10.5 Å². The average molecular weight is 286 g/mol. The van der Waals surface area contributed by atoms with Gasteiger partial charge in [-0.05, 0) is 40.5 Å². The molecule has 1 aromatic rings. The van der Waals surface area contributed by atoms with E-state index >= 15 is 0 Å². The molecule has 0 aliphatic carbocycles. The maximum Gasteiger partial charge on any atom is 0.134 e. The predicted molar refractivity (Wildman–Crippen MR) is 71.8 cm³/mol. The SMILES string of the molecule is Cc1ccc(OC(CN)C(C)(C)C)c(Br)c1. The number of aryl methyl sites for hydroxylation is 1. The zero-order valence-corrected chi connectivity index (χ0v) is 12.0. The van der Waals surface area contributed by atoms with Crippen LogP contribution in [0.5, 0.6) is 5.75 Å². The summed E-state index contributed by atoms with van der Waals surface area (Å²) in [6.45, 7) is 8.97. The van der Waals surface area contributed by atoms with Crippen LogP contribution in [0.1, 0.15) is 26.3 Å². The van der Waals surface area contributed by atoms with Gasteiger partial charge in [-0.15, -0.1) is 0 Å². The lowest BCUT2D eigenvalue weighted by Gasteiger charge is -2.30. The number of halogens is 1. The van der Waals surface area contributed by atoms with Gasteiger partial charge in [0.2, 0.25) is 0 Å². The van der Waals surface area contributed by atoms with Crippen molar-refractivity contribution in [2.75, 3.05) is 6.54 Å². The van der Waals surface area contributed by atoms with Gasteiger partial charge in [0.1, 0.15) is 11.9 Å². The Labute approximate surface area is 106 Å². The fourth-order valence-corrected chi connectivity index (χ4v) is 2.02. The molecule has 1 atom stereocenters. The van der Waals surface area contributed by atoms with Gasteiger partial charge < -0.3 is 10.5 Å². The first-order valence-electron chi connectivity index (χ1n) is 5.47. The molecule has 0 aromatic heterocycles. The van der Waals surface area contributed by atoms with Gasteiger partial charge in [-0.2, -0.15) is 0 Å². The second-order valence-corrected chi connectivity index (χ2v) is 6.00. The normalized spacial score (nSPS) is 13.6. The molecule has 0 amide bonds. The summed E-state index contributed by atoms with van der Waals surface area (Å²) < 4.78 is 6.92. The predicted octanol–water partition coefficient (Wildman–Crippen LogP) is 3.51. The Kier molecular flexibility index (Phi) is 4.39. The summed E-state index contributed by atoms with van der Waals surface area (Å²) in [5.74, 6) is 0.857. The van der Waals surface area contributed by atoms with E-state index < -0.39 is 0 Å². The van der Waals surface area contributed by atoms with Gasteiger partial charge >= 0.3 is 0 Å². The van der Waals surface area contributed by atoms with Gasteiger partial charge in [-0.1, -0.05) is 26.8 Å².